The van der Waals surface area contributed by atoms with Crippen molar-refractivity contribution in [3.8, 4) is 0 Å². The van der Waals surface area contributed by atoms with Crippen LogP contribution in [0, 0.1) is 5.92 Å². The highest BCUT2D eigenvalue weighted by Crippen LogP contribution is 2.20. The van der Waals surface area contributed by atoms with E-state index in [1.165, 1.54) is 16.4 Å². The molecule has 0 bridgehead atoms. The molecule has 29 heavy (non-hydrogen) atoms. The van der Waals surface area contributed by atoms with Crippen molar-refractivity contribution in [2.75, 3.05) is 49.1 Å². The summed E-state index contributed by atoms with van der Waals surface area (Å²) in [5, 5.41) is 4.49. The Morgan fingerprint density at radius 1 is 0.931 bits per heavy atom. The van der Waals surface area contributed by atoms with Crippen LogP contribution in [0.1, 0.15) is 19.8 Å². The lowest BCUT2D eigenvalue weighted by molar-refractivity contribution is -0.132. The van der Waals surface area contributed by atoms with Gasteiger partial charge in [-0.15, -0.1) is 0 Å². The minimum absolute atomic E-state index is 0.00224. The van der Waals surface area contributed by atoms with E-state index in [1.54, 1.807) is 6.07 Å². The van der Waals surface area contributed by atoms with Gasteiger partial charge in [0.05, 0.1) is 0 Å². The molecule has 0 radical (unpaired) electrons. The second-order valence-corrected chi connectivity index (χ2v) is 8.06. The molecule has 2 aliphatic rings. The van der Waals surface area contributed by atoms with Crippen LogP contribution in [-0.2, 0) is 11.3 Å². The summed E-state index contributed by atoms with van der Waals surface area (Å²) < 4.78 is 1.32. The number of nitrogens with zero attached hydrogens (tertiary/aromatic N) is 5. The SMILES string of the molecule is CC1CCN(c2ccc(=O)n(CC(=O)N3CCN(c4ccccc4)CC3)n2)CC1. The molecule has 1 amide bonds. The zero-order chi connectivity index (χ0) is 20.2. The third-order valence-corrected chi connectivity index (χ3v) is 6.00. The molecule has 154 valence electrons. The zero-order valence-corrected chi connectivity index (χ0v) is 17.0. The highest BCUT2D eigenvalue weighted by Gasteiger charge is 2.23. The van der Waals surface area contributed by atoms with Gasteiger partial charge in [0, 0.05) is 51.0 Å². The first kappa shape index (κ1) is 19.5. The van der Waals surface area contributed by atoms with Gasteiger partial charge in [-0.2, -0.15) is 5.10 Å². The van der Waals surface area contributed by atoms with E-state index in [-0.39, 0.29) is 18.0 Å². The number of piperidine rings is 1. The van der Waals surface area contributed by atoms with Crippen molar-refractivity contribution in [1.29, 1.82) is 0 Å². The Hall–Kier alpha value is -2.83. The fraction of sp³-hybridized carbons (Fsp3) is 0.500. The van der Waals surface area contributed by atoms with Crippen molar-refractivity contribution < 1.29 is 4.79 Å². The molecule has 0 saturated carbocycles. The van der Waals surface area contributed by atoms with Gasteiger partial charge < -0.3 is 14.7 Å². The molecule has 0 spiro atoms. The van der Waals surface area contributed by atoms with Crippen LogP contribution in [0.3, 0.4) is 0 Å². The highest BCUT2D eigenvalue weighted by atomic mass is 16.2. The molecule has 0 atom stereocenters. The van der Waals surface area contributed by atoms with Crippen LogP contribution in [-0.4, -0.2) is 59.9 Å². The van der Waals surface area contributed by atoms with E-state index >= 15 is 0 Å². The Labute approximate surface area is 171 Å². The summed E-state index contributed by atoms with van der Waals surface area (Å²) in [6.07, 6.45) is 2.26. The topological polar surface area (TPSA) is 61.7 Å². The van der Waals surface area contributed by atoms with Gasteiger partial charge in [0.25, 0.3) is 5.56 Å². The van der Waals surface area contributed by atoms with Crippen LogP contribution >= 0.6 is 0 Å². The maximum absolute atomic E-state index is 12.8. The van der Waals surface area contributed by atoms with Crippen molar-refractivity contribution in [1.82, 2.24) is 14.7 Å². The zero-order valence-electron chi connectivity index (χ0n) is 17.0. The molecule has 1 aromatic heterocycles. The Balaban J connectivity index is 1.37. The van der Waals surface area contributed by atoms with E-state index in [9.17, 15) is 9.59 Å². The summed E-state index contributed by atoms with van der Waals surface area (Å²) >= 11 is 0. The number of aromatic nitrogens is 2. The summed E-state index contributed by atoms with van der Waals surface area (Å²) in [7, 11) is 0. The van der Waals surface area contributed by atoms with Crippen molar-refractivity contribution in [2.45, 2.75) is 26.3 Å². The number of piperazine rings is 1. The first-order valence-electron chi connectivity index (χ1n) is 10.5. The van der Waals surface area contributed by atoms with Gasteiger partial charge in [-0.3, -0.25) is 9.59 Å². The van der Waals surface area contributed by atoms with Gasteiger partial charge in [0.2, 0.25) is 5.91 Å². The van der Waals surface area contributed by atoms with Crippen LogP contribution < -0.4 is 15.4 Å². The van der Waals surface area contributed by atoms with Crippen LogP contribution in [0.2, 0.25) is 0 Å². The van der Waals surface area contributed by atoms with Gasteiger partial charge in [0.15, 0.2) is 0 Å². The Morgan fingerprint density at radius 2 is 1.62 bits per heavy atom. The lowest BCUT2D eigenvalue weighted by Crippen LogP contribution is -2.50. The number of benzene rings is 1. The standard InChI is InChI=1S/C22H29N5O2/c1-18-9-11-25(12-10-18)20-7-8-21(28)27(23-20)17-22(29)26-15-13-24(14-16-26)19-5-3-2-4-6-19/h2-8,18H,9-17H2,1H3. The number of hydrogen-bond acceptors (Lipinski definition) is 5. The van der Waals surface area contributed by atoms with Crippen molar-refractivity contribution in [2.24, 2.45) is 5.92 Å². The fourth-order valence-electron chi connectivity index (χ4n) is 4.04. The molecule has 2 aromatic rings. The number of carbonyl (C=O) groups excluding carboxylic acids is 1. The summed E-state index contributed by atoms with van der Waals surface area (Å²) in [5.74, 6) is 1.48. The molecule has 2 fully saturated rings. The average molecular weight is 396 g/mol. The Kier molecular flexibility index (Phi) is 5.83. The number of hydrogen-bond donors (Lipinski definition) is 0. The predicted molar refractivity (Wildman–Crippen MR) is 114 cm³/mol. The molecule has 7 nitrogen and oxygen atoms in total. The van der Waals surface area contributed by atoms with Crippen LogP contribution in [0.5, 0.6) is 0 Å². The minimum atomic E-state index is -0.226. The van der Waals surface area contributed by atoms with Gasteiger partial charge in [0.1, 0.15) is 12.4 Å². The lowest BCUT2D eigenvalue weighted by Gasteiger charge is -2.36. The van der Waals surface area contributed by atoms with E-state index in [0.29, 0.717) is 13.1 Å². The maximum atomic E-state index is 12.8. The Bertz CT molecular complexity index is 882. The molecular formula is C22H29N5O2. The summed E-state index contributed by atoms with van der Waals surface area (Å²) in [6, 6.07) is 13.6. The van der Waals surface area contributed by atoms with E-state index in [1.807, 2.05) is 23.1 Å². The van der Waals surface area contributed by atoms with E-state index in [2.05, 4.69) is 34.0 Å². The molecule has 1 aromatic carbocycles. The highest BCUT2D eigenvalue weighted by molar-refractivity contribution is 5.76. The van der Waals surface area contributed by atoms with Crippen molar-refractivity contribution >= 4 is 17.4 Å². The van der Waals surface area contributed by atoms with E-state index in [4.69, 9.17) is 0 Å². The molecule has 7 heteroatoms. The van der Waals surface area contributed by atoms with Crippen molar-refractivity contribution in [3.63, 3.8) is 0 Å². The fourth-order valence-corrected chi connectivity index (χ4v) is 4.04. The normalized spacial score (nSPS) is 18.2. The first-order chi connectivity index (χ1) is 14.1. The van der Waals surface area contributed by atoms with Gasteiger partial charge in [-0.25, -0.2) is 4.68 Å². The quantitative estimate of drug-likeness (QED) is 0.790. The molecule has 0 unspecified atom stereocenters. The molecule has 0 aliphatic carbocycles. The molecule has 2 aliphatic heterocycles. The average Bonchev–Trinajstić information content (AvgIpc) is 2.76. The van der Waals surface area contributed by atoms with Crippen LogP contribution in [0.15, 0.2) is 47.3 Å². The third-order valence-electron chi connectivity index (χ3n) is 6.00. The van der Waals surface area contributed by atoms with Crippen LogP contribution in [0.25, 0.3) is 0 Å². The number of amides is 1. The second kappa shape index (κ2) is 8.68. The minimum Gasteiger partial charge on any atom is -0.368 e. The lowest BCUT2D eigenvalue weighted by atomic mass is 9.99. The molecular weight excluding hydrogens is 366 g/mol. The number of rotatable bonds is 4. The molecule has 2 saturated heterocycles. The Morgan fingerprint density at radius 3 is 2.31 bits per heavy atom. The smallest absolute Gasteiger partial charge is 0.267 e. The number of carbonyl (C=O) groups is 1. The van der Waals surface area contributed by atoms with Gasteiger partial charge in [-0.1, -0.05) is 25.1 Å². The first-order valence-corrected chi connectivity index (χ1v) is 10.5. The maximum Gasteiger partial charge on any atom is 0.267 e. The molecule has 3 heterocycles. The van der Waals surface area contributed by atoms with Gasteiger partial charge >= 0.3 is 0 Å². The van der Waals surface area contributed by atoms with Crippen LogP contribution in [0.4, 0.5) is 11.5 Å². The van der Waals surface area contributed by atoms with Crippen molar-refractivity contribution in [3.05, 3.63) is 52.8 Å². The number of anilines is 2. The number of para-hydroxylation sites is 1. The van der Waals surface area contributed by atoms with E-state index in [0.717, 1.165) is 50.8 Å². The predicted octanol–water partition coefficient (Wildman–Crippen LogP) is 1.83. The molecule has 4 rings (SSSR count). The monoisotopic (exact) mass is 395 g/mol. The van der Waals surface area contributed by atoms with E-state index < -0.39 is 0 Å². The summed E-state index contributed by atoms with van der Waals surface area (Å²) in [4.78, 5) is 31.4. The summed E-state index contributed by atoms with van der Waals surface area (Å²) in [5.41, 5.74) is 0.955. The second-order valence-electron chi connectivity index (χ2n) is 8.06. The summed E-state index contributed by atoms with van der Waals surface area (Å²) in [6.45, 7) is 7.07. The largest absolute Gasteiger partial charge is 0.368 e. The third kappa shape index (κ3) is 4.60. The van der Waals surface area contributed by atoms with Gasteiger partial charge in [-0.05, 0) is 37.0 Å². The molecule has 0 N–H and O–H groups in total.